The quantitative estimate of drug-likeness (QED) is 0.221. The molecule has 1 aliphatic heterocycles. The van der Waals surface area contributed by atoms with Crippen LogP contribution in [0.15, 0.2) is 4.99 Å². The number of carbonyl (C=O) groups is 1. The molecule has 0 radical (unpaired) electrons. The van der Waals surface area contributed by atoms with Crippen molar-refractivity contribution in [1.82, 2.24) is 15.5 Å². The van der Waals surface area contributed by atoms with Crippen LogP contribution in [0.5, 0.6) is 0 Å². The predicted molar refractivity (Wildman–Crippen MR) is 95.1 cm³/mol. The fourth-order valence-electron chi connectivity index (χ4n) is 2.33. The van der Waals surface area contributed by atoms with E-state index in [4.69, 9.17) is 10.5 Å². The van der Waals surface area contributed by atoms with Crippen LogP contribution in [0.25, 0.3) is 0 Å². The topological polar surface area (TPSA) is 92.0 Å². The maximum absolute atomic E-state index is 11.4. The normalized spacial score (nSPS) is 19.1. The standard InChI is InChI=1S/C13H27N5O2.HI/c1-3-18-7-4-5-11(18)9-16-13(14)17-10-12(19)15-6-8-20-2;/h11H,3-10H2,1-2H3,(H,15,19)(H3,14,16,17);1H. The molecule has 0 saturated carbocycles. The first-order chi connectivity index (χ1) is 9.67. The minimum atomic E-state index is -0.150. The number of nitrogens with zero attached hydrogens (tertiary/aromatic N) is 2. The number of rotatable bonds is 8. The number of ether oxygens (including phenoxy) is 1. The molecule has 8 heteroatoms. The first-order valence-corrected chi connectivity index (χ1v) is 7.20. The van der Waals surface area contributed by atoms with Crippen LogP contribution >= 0.6 is 24.0 Å². The molecular weight excluding hydrogens is 385 g/mol. The molecule has 0 aromatic rings. The molecular formula is C13H28IN5O2. The third-order valence-corrected chi connectivity index (χ3v) is 3.45. The van der Waals surface area contributed by atoms with Crippen molar-refractivity contribution >= 4 is 35.8 Å². The van der Waals surface area contributed by atoms with Crippen molar-refractivity contribution in [1.29, 1.82) is 0 Å². The van der Waals surface area contributed by atoms with E-state index in [-0.39, 0.29) is 36.4 Å². The van der Waals surface area contributed by atoms with Gasteiger partial charge in [-0.1, -0.05) is 6.92 Å². The summed E-state index contributed by atoms with van der Waals surface area (Å²) in [5.41, 5.74) is 5.76. The van der Waals surface area contributed by atoms with E-state index < -0.39 is 0 Å². The molecule has 7 nitrogen and oxygen atoms in total. The van der Waals surface area contributed by atoms with Gasteiger partial charge in [0, 0.05) is 26.2 Å². The molecule has 0 bridgehead atoms. The molecule has 0 aromatic carbocycles. The highest BCUT2D eigenvalue weighted by Crippen LogP contribution is 2.15. The van der Waals surface area contributed by atoms with Gasteiger partial charge in [-0.05, 0) is 25.9 Å². The Morgan fingerprint density at radius 1 is 1.48 bits per heavy atom. The molecule has 1 saturated heterocycles. The zero-order chi connectivity index (χ0) is 14.8. The van der Waals surface area contributed by atoms with Gasteiger partial charge in [0.15, 0.2) is 5.96 Å². The molecule has 0 spiro atoms. The average Bonchev–Trinajstić information content (AvgIpc) is 2.90. The van der Waals surface area contributed by atoms with Crippen molar-refractivity contribution in [3.8, 4) is 0 Å². The lowest BCUT2D eigenvalue weighted by Gasteiger charge is -2.23. The fourth-order valence-corrected chi connectivity index (χ4v) is 2.33. The summed E-state index contributed by atoms with van der Waals surface area (Å²) in [6, 6.07) is 0.518. The number of nitrogens with one attached hydrogen (secondary N) is 2. The van der Waals surface area contributed by atoms with Crippen molar-refractivity contribution in [2.24, 2.45) is 10.7 Å². The Labute approximate surface area is 144 Å². The number of likely N-dealkylation sites (tertiary alicyclic amines) is 1. The van der Waals surface area contributed by atoms with Crippen LogP contribution in [-0.2, 0) is 9.53 Å². The predicted octanol–water partition coefficient (Wildman–Crippen LogP) is -0.244. The highest BCUT2D eigenvalue weighted by molar-refractivity contribution is 14.0. The molecule has 21 heavy (non-hydrogen) atoms. The van der Waals surface area contributed by atoms with Crippen LogP contribution in [0.1, 0.15) is 19.8 Å². The maximum atomic E-state index is 11.4. The lowest BCUT2D eigenvalue weighted by atomic mass is 10.2. The van der Waals surface area contributed by atoms with Crippen LogP contribution < -0.4 is 16.4 Å². The molecule has 1 heterocycles. The van der Waals surface area contributed by atoms with Gasteiger partial charge in [-0.15, -0.1) is 24.0 Å². The van der Waals surface area contributed by atoms with Gasteiger partial charge in [0.2, 0.25) is 5.91 Å². The van der Waals surface area contributed by atoms with Crippen molar-refractivity contribution < 1.29 is 9.53 Å². The molecule has 1 atom stereocenters. The van der Waals surface area contributed by atoms with E-state index in [0.717, 1.165) is 19.6 Å². The van der Waals surface area contributed by atoms with Crippen molar-refractivity contribution in [3.05, 3.63) is 0 Å². The fraction of sp³-hybridized carbons (Fsp3) is 0.846. The molecule has 1 unspecified atom stereocenters. The summed E-state index contributed by atoms with van der Waals surface area (Å²) in [4.78, 5) is 17.9. The zero-order valence-electron chi connectivity index (χ0n) is 12.9. The third kappa shape index (κ3) is 8.42. The Balaban J connectivity index is 0.00000400. The van der Waals surface area contributed by atoms with Gasteiger partial charge in [0.05, 0.1) is 6.61 Å². The van der Waals surface area contributed by atoms with Crippen LogP contribution in [0.2, 0.25) is 0 Å². The lowest BCUT2D eigenvalue weighted by molar-refractivity contribution is -0.119. The molecule has 124 valence electrons. The number of aliphatic imine (C=N–C) groups is 1. The highest BCUT2D eigenvalue weighted by atomic mass is 127. The van der Waals surface area contributed by atoms with Crippen LogP contribution in [0.4, 0.5) is 0 Å². The monoisotopic (exact) mass is 413 g/mol. The van der Waals surface area contributed by atoms with Gasteiger partial charge in [-0.3, -0.25) is 9.69 Å². The van der Waals surface area contributed by atoms with Crippen LogP contribution in [0.3, 0.4) is 0 Å². The van der Waals surface area contributed by atoms with Gasteiger partial charge in [-0.25, -0.2) is 4.99 Å². The van der Waals surface area contributed by atoms with Gasteiger partial charge in [0.1, 0.15) is 6.54 Å². The van der Waals surface area contributed by atoms with Crippen molar-refractivity contribution in [2.75, 3.05) is 46.4 Å². The van der Waals surface area contributed by atoms with Gasteiger partial charge in [0.25, 0.3) is 0 Å². The average molecular weight is 413 g/mol. The van der Waals surface area contributed by atoms with E-state index in [1.165, 1.54) is 12.8 Å². The molecule has 1 aliphatic rings. The molecule has 1 rings (SSSR count). The second kappa shape index (κ2) is 12.0. The van der Waals surface area contributed by atoms with E-state index in [1.807, 2.05) is 0 Å². The summed E-state index contributed by atoms with van der Waals surface area (Å²) >= 11 is 0. The number of halogens is 1. The van der Waals surface area contributed by atoms with Gasteiger partial charge in [-0.2, -0.15) is 0 Å². The first kappa shape index (κ1) is 20.4. The summed E-state index contributed by atoms with van der Waals surface area (Å²) in [5.74, 6) is 0.178. The Bertz CT molecular complexity index is 328. The minimum absolute atomic E-state index is 0. The smallest absolute Gasteiger partial charge is 0.241 e. The van der Waals surface area contributed by atoms with Gasteiger partial charge >= 0.3 is 0 Å². The van der Waals surface area contributed by atoms with Gasteiger partial charge < -0.3 is 21.1 Å². The SMILES string of the molecule is CCN1CCCC1CNC(N)=NCC(=O)NCCOC.I. The third-order valence-electron chi connectivity index (χ3n) is 3.45. The summed E-state index contributed by atoms with van der Waals surface area (Å²) in [6.45, 7) is 6.20. The maximum Gasteiger partial charge on any atom is 0.241 e. The second-order valence-electron chi connectivity index (χ2n) is 4.85. The minimum Gasteiger partial charge on any atom is -0.383 e. The van der Waals surface area contributed by atoms with Crippen molar-refractivity contribution in [2.45, 2.75) is 25.8 Å². The first-order valence-electron chi connectivity index (χ1n) is 7.20. The Kier molecular flexibility index (Phi) is 11.6. The Morgan fingerprint density at radius 3 is 2.90 bits per heavy atom. The van der Waals surface area contributed by atoms with E-state index in [1.54, 1.807) is 7.11 Å². The molecule has 0 aromatic heterocycles. The summed E-state index contributed by atoms with van der Waals surface area (Å²) in [7, 11) is 1.59. The van der Waals surface area contributed by atoms with Crippen molar-refractivity contribution in [3.63, 3.8) is 0 Å². The largest absolute Gasteiger partial charge is 0.383 e. The summed E-state index contributed by atoms with van der Waals surface area (Å²) in [6.07, 6.45) is 2.42. The van der Waals surface area contributed by atoms with E-state index in [2.05, 4.69) is 27.4 Å². The van der Waals surface area contributed by atoms with Crippen LogP contribution in [-0.4, -0.2) is 69.2 Å². The summed E-state index contributed by atoms with van der Waals surface area (Å²) in [5, 5.41) is 5.78. The molecule has 0 aliphatic carbocycles. The Hall–Kier alpha value is -0.610. The Morgan fingerprint density at radius 2 is 2.24 bits per heavy atom. The number of nitrogens with two attached hydrogens (primary N) is 1. The molecule has 4 N–H and O–H groups in total. The summed E-state index contributed by atoms with van der Waals surface area (Å²) < 4.78 is 4.84. The van der Waals surface area contributed by atoms with E-state index >= 15 is 0 Å². The lowest BCUT2D eigenvalue weighted by Crippen LogP contribution is -2.43. The number of likely N-dealkylation sites (N-methyl/N-ethyl adjacent to an activating group) is 1. The number of methoxy groups -OCH3 is 1. The highest BCUT2D eigenvalue weighted by Gasteiger charge is 2.22. The number of carbonyl (C=O) groups excluding carboxylic acids is 1. The zero-order valence-corrected chi connectivity index (χ0v) is 15.3. The van der Waals surface area contributed by atoms with E-state index in [0.29, 0.717) is 25.2 Å². The number of hydrogen-bond acceptors (Lipinski definition) is 4. The molecule has 1 fully saturated rings. The second-order valence-corrected chi connectivity index (χ2v) is 4.85. The number of guanidine groups is 1. The number of amides is 1. The number of hydrogen-bond donors (Lipinski definition) is 3. The molecule has 1 amide bonds. The van der Waals surface area contributed by atoms with E-state index in [9.17, 15) is 4.79 Å². The van der Waals surface area contributed by atoms with Crippen LogP contribution in [0, 0.1) is 0 Å².